The molecule has 6 nitrogen and oxygen atoms in total. The Morgan fingerprint density at radius 3 is 2.67 bits per heavy atom. The SMILES string of the molecule is CCc1ncc(S(=O)(=O)N(C)c2ccccn2)[nH]1. The minimum Gasteiger partial charge on any atom is -0.332 e. The van der Waals surface area contributed by atoms with E-state index in [9.17, 15) is 8.42 Å². The molecular weight excluding hydrogens is 252 g/mol. The van der Waals surface area contributed by atoms with Crippen LogP contribution >= 0.6 is 0 Å². The van der Waals surface area contributed by atoms with Gasteiger partial charge in [0.15, 0.2) is 5.03 Å². The van der Waals surface area contributed by atoms with Gasteiger partial charge in [-0.3, -0.25) is 4.31 Å². The predicted molar refractivity (Wildman–Crippen MR) is 67.8 cm³/mol. The summed E-state index contributed by atoms with van der Waals surface area (Å²) in [5.41, 5.74) is 0. The minimum atomic E-state index is -3.63. The highest BCUT2D eigenvalue weighted by molar-refractivity contribution is 7.92. The molecule has 0 aliphatic rings. The van der Waals surface area contributed by atoms with Crippen LogP contribution in [0.5, 0.6) is 0 Å². The Bertz CT molecular complexity index is 622. The quantitative estimate of drug-likeness (QED) is 0.901. The summed E-state index contributed by atoms with van der Waals surface area (Å²) in [6.07, 6.45) is 3.53. The van der Waals surface area contributed by atoms with Gasteiger partial charge < -0.3 is 4.98 Å². The highest BCUT2D eigenvalue weighted by Crippen LogP contribution is 2.18. The van der Waals surface area contributed by atoms with E-state index in [0.717, 1.165) is 4.31 Å². The van der Waals surface area contributed by atoms with Gasteiger partial charge in [-0.2, -0.15) is 8.42 Å². The van der Waals surface area contributed by atoms with Gasteiger partial charge in [-0.25, -0.2) is 9.97 Å². The molecule has 2 rings (SSSR count). The first-order chi connectivity index (χ1) is 8.55. The molecule has 0 unspecified atom stereocenters. The monoisotopic (exact) mass is 266 g/mol. The highest BCUT2D eigenvalue weighted by Gasteiger charge is 2.24. The molecule has 0 radical (unpaired) electrons. The molecule has 0 amide bonds. The number of hydrogen-bond donors (Lipinski definition) is 1. The smallest absolute Gasteiger partial charge is 0.282 e. The van der Waals surface area contributed by atoms with Crippen LogP contribution in [0.1, 0.15) is 12.7 Å². The van der Waals surface area contributed by atoms with E-state index in [0.29, 0.717) is 18.1 Å². The summed E-state index contributed by atoms with van der Waals surface area (Å²) in [6, 6.07) is 5.10. The Morgan fingerprint density at radius 1 is 1.33 bits per heavy atom. The zero-order chi connectivity index (χ0) is 13.2. The summed E-state index contributed by atoms with van der Waals surface area (Å²) < 4.78 is 25.7. The lowest BCUT2D eigenvalue weighted by atomic mass is 10.5. The number of aromatic nitrogens is 3. The topological polar surface area (TPSA) is 79.0 Å². The van der Waals surface area contributed by atoms with Gasteiger partial charge in [-0.05, 0) is 12.1 Å². The Balaban J connectivity index is 2.37. The summed E-state index contributed by atoms with van der Waals surface area (Å²) >= 11 is 0. The van der Waals surface area contributed by atoms with Crippen LogP contribution in [0, 0.1) is 0 Å². The van der Waals surface area contributed by atoms with Crippen LogP contribution in [-0.4, -0.2) is 30.4 Å². The first-order valence-corrected chi connectivity index (χ1v) is 6.93. The molecule has 0 bridgehead atoms. The molecule has 0 fully saturated rings. The summed E-state index contributed by atoms with van der Waals surface area (Å²) in [6.45, 7) is 1.90. The van der Waals surface area contributed by atoms with Crippen molar-refractivity contribution >= 4 is 15.8 Å². The van der Waals surface area contributed by atoms with E-state index in [4.69, 9.17) is 0 Å². The Labute approximate surface area is 106 Å². The maximum atomic E-state index is 12.3. The molecular formula is C11H14N4O2S. The number of rotatable bonds is 4. The summed E-state index contributed by atoms with van der Waals surface area (Å²) in [4.78, 5) is 10.8. The van der Waals surface area contributed by atoms with E-state index in [-0.39, 0.29) is 5.03 Å². The van der Waals surface area contributed by atoms with Crippen molar-refractivity contribution in [1.82, 2.24) is 15.0 Å². The number of anilines is 1. The molecule has 18 heavy (non-hydrogen) atoms. The van der Waals surface area contributed by atoms with E-state index >= 15 is 0 Å². The first-order valence-electron chi connectivity index (χ1n) is 5.49. The zero-order valence-electron chi connectivity index (χ0n) is 10.2. The van der Waals surface area contributed by atoms with Gasteiger partial charge >= 0.3 is 0 Å². The van der Waals surface area contributed by atoms with Crippen molar-refractivity contribution in [2.75, 3.05) is 11.4 Å². The van der Waals surface area contributed by atoms with Crippen LogP contribution in [0.25, 0.3) is 0 Å². The molecule has 0 aliphatic heterocycles. The van der Waals surface area contributed by atoms with Gasteiger partial charge in [0.2, 0.25) is 0 Å². The Morgan fingerprint density at radius 2 is 2.11 bits per heavy atom. The lowest BCUT2D eigenvalue weighted by Crippen LogP contribution is -2.27. The third-order valence-electron chi connectivity index (χ3n) is 2.55. The second-order valence-corrected chi connectivity index (χ2v) is 5.65. The fourth-order valence-electron chi connectivity index (χ4n) is 1.46. The van der Waals surface area contributed by atoms with Gasteiger partial charge in [-0.15, -0.1) is 0 Å². The number of hydrogen-bond acceptors (Lipinski definition) is 4. The molecule has 2 aromatic rings. The van der Waals surface area contributed by atoms with Gasteiger partial charge in [0.1, 0.15) is 11.6 Å². The number of aromatic amines is 1. The Kier molecular flexibility index (Phi) is 3.33. The van der Waals surface area contributed by atoms with Crippen LogP contribution in [0.15, 0.2) is 35.6 Å². The number of sulfonamides is 1. The van der Waals surface area contributed by atoms with Crippen molar-refractivity contribution in [2.45, 2.75) is 18.4 Å². The molecule has 0 saturated carbocycles. The van der Waals surface area contributed by atoms with Crippen molar-refractivity contribution in [3.63, 3.8) is 0 Å². The van der Waals surface area contributed by atoms with Crippen molar-refractivity contribution in [3.8, 4) is 0 Å². The fourth-order valence-corrected chi connectivity index (χ4v) is 2.55. The fraction of sp³-hybridized carbons (Fsp3) is 0.273. The summed E-state index contributed by atoms with van der Waals surface area (Å²) in [7, 11) is -2.17. The van der Waals surface area contributed by atoms with Crippen molar-refractivity contribution in [1.29, 1.82) is 0 Å². The summed E-state index contributed by atoms with van der Waals surface area (Å²) in [5.74, 6) is 1.01. The molecule has 0 atom stereocenters. The van der Waals surface area contributed by atoms with Gasteiger partial charge in [0.25, 0.3) is 10.0 Å². The van der Waals surface area contributed by atoms with E-state index in [2.05, 4.69) is 15.0 Å². The molecule has 0 aromatic carbocycles. The molecule has 2 heterocycles. The lowest BCUT2D eigenvalue weighted by Gasteiger charge is -2.16. The standard InChI is InChI=1S/C11H14N4O2S/c1-3-9-13-8-11(14-9)18(16,17)15(2)10-6-4-5-7-12-10/h4-8H,3H2,1-2H3,(H,13,14). The van der Waals surface area contributed by atoms with E-state index in [1.54, 1.807) is 24.4 Å². The normalized spacial score (nSPS) is 11.4. The average molecular weight is 266 g/mol. The zero-order valence-corrected chi connectivity index (χ0v) is 11.0. The largest absolute Gasteiger partial charge is 0.332 e. The number of pyridine rings is 1. The number of aryl methyl sites for hydroxylation is 1. The van der Waals surface area contributed by atoms with Gasteiger partial charge in [0.05, 0.1) is 6.20 Å². The molecule has 2 aromatic heterocycles. The van der Waals surface area contributed by atoms with Crippen molar-refractivity contribution < 1.29 is 8.42 Å². The molecule has 0 spiro atoms. The number of H-pyrrole nitrogens is 1. The Hall–Kier alpha value is -1.89. The van der Waals surface area contributed by atoms with Crippen LogP contribution in [-0.2, 0) is 16.4 Å². The second kappa shape index (κ2) is 4.77. The molecule has 0 saturated heterocycles. The predicted octanol–water partition coefficient (Wildman–Crippen LogP) is 1.19. The third-order valence-corrected chi connectivity index (χ3v) is 4.22. The molecule has 96 valence electrons. The second-order valence-electron chi connectivity index (χ2n) is 3.71. The van der Waals surface area contributed by atoms with Crippen molar-refractivity contribution in [3.05, 3.63) is 36.4 Å². The van der Waals surface area contributed by atoms with Crippen LogP contribution in [0.2, 0.25) is 0 Å². The van der Waals surface area contributed by atoms with E-state index < -0.39 is 10.0 Å². The molecule has 1 N–H and O–H groups in total. The summed E-state index contributed by atoms with van der Waals surface area (Å²) in [5, 5.41) is 0.0764. The van der Waals surface area contributed by atoms with Gasteiger partial charge in [0, 0.05) is 19.7 Å². The maximum absolute atomic E-state index is 12.3. The number of imidazole rings is 1. The minimum absolute atomic E-state index is 0.0764. The maximum Gasteiger partial charge on any atom is 0.282 e. The first kappa shape index (κ1) is 12.6. The third kappa shape index (κ3) is 2.21. The highest BCUT2D eigenvalue weighted by atomic mass is 32.2. The number of nitrogens with one attached hydrogen (secondary N) is 1. The lowest BCUT2D eigenvalue weighted by molar-refractivity contribution is 0.590. The van der Waals surface area contributed by atoms with E-state index in [1.165, 1.54) is 13.2 Å². The van der Waals surface area contributed by atoms with Crippen LogP contribution in [0.3, 0.4) is 0 Å². The number of nitrogens with zero attached hydrogens (tertiary/aromatic N) is 3. The van der Waals surface area contributed by atoms with Gasteiger partial charge in [-0.1, -0.05) is 13.0 Å². The van der Waals surface area contributed by atoms with Crippen LogP contribution < -0.4 is 4.31 Å². The van der Waals surface area contributed by atoms with E-state index in [1.807, 2.05) is 6.92 Å². The molecule has 7 heteroatoms. The average Bonchev–Trinajstić information content (AvgIpc) is 2.88. The van der Waals surface area contributed by atoms with Crippen LogP contribution in [0.4, 0.5) is 5.82 Å². The van der Waals surface area contributed by atoms with Crippen molar-refractivity contribution in [2.24, 2.45) is 0 Å². The molecule has 0 aliphatic carbocycles.